The molecule has 3 rings (SSSR count). The molecular weight excluding hydrogens is 224 g/mol. The second kappa shape index (κ2) is 3.87. The standard InChI is InChI=1S/C15H18N2O/c1-10(2)17-9-8-13-14(15(17)18)11-6-4-5-7-12(11)16(13)3/h4-7,10H,8-9H2,1-3H3. The lowest BCUT2D eigenvalue weighted by Crippen LogP contribution is -2.42. The van der Waals surface area contributed by atoms with Gasteiger partial charge in [0.05, 0.1) is 5.56 Å². The van der Waals surface area contributed by atoms with Crippen LogP contribution in [0.5, 0.6) is 0 Å². The lowest BCUT2D eigenvalue weighted by atomic mass is 10.0. The van der Waals surface area contributed by atoms with Gasteiger partial charge in [-0.1, -0.05) is 18.2 Å². The molecule has 0 saturated heterocycles. The molecule has 3 heteroatoms. The van der Waals surface area contributed by atoms with Crippen molar-refractivity contribution in [1.29, 1.82) is 0 Å². The minimum absolute atomic E-state index is 0.183. The van der Waals surface area contributed by atoms with Crippen molar-refractivity contribution < 1.29 is 4.79 Å². The van der Waals surface area contributed by atoms with Crippen molar-refractivity contribution in [2.24, 2.45) is 7.05 Å². The number of aromatic nitrogens is 1. The number of carbonyl (C=O) groups is 1. The van der Waals surface area contributed by atoms with Crippen molar-refractivity contribution in [3.63, 3.8) is 0 Å². The van der Waals surface area contributed by atoms with Gasteiger partial charge in [-0.15, -0.1) is 0 Å². The molecule has 2 heterocycles. The van der Waals surface area contributed by atoms with E-state index in [2.05, 4.69) is 37.6 Å². The number of benzene rings is 1. The molecule has 2 aromatic rings. The molecule has 0 saturated carbocycles. The summed E-state index contributed by atoms with van der Waals surface area (Å²) in [4.78, 5) is 14.6. The molecule has 94 valence electrons. The Morgan fingerprint density at radius 1 is 1.22 bits per heavy atom. The maximum Gasteiger partial charge on any atom is 0.256 e. The fraction of sp³-hybridized carbons (Fsp3) is 0.400. The first-order valence-electron chi connectivity index (χ1n) is 6.48. The van der Waals surface area contributed by atoms with E-state index in [0.717, 1.165) is 29.4 Å². The summed E-state index contributed by atoms with van der Waals surface area (Å²) in [5.74, 6) is 0.183. The quantitative estimate of drug-likeness (QED) is 0.754. The zero-order valence-corrected chi connectivity index (χ0v) is 11.1. The van der Waals surface area contributed by atoms with Crippen LogP contribution in [0.4, 0.5) is 0 Å². The van der Waals surface area contributed by atoms with E-state index in [4.69, 9.17) is 0 Å². The van der Waals surface area contributed by atoms with Crippen LogP contribution in [0.15, 0.2) is 24.3 Å². The lowest BCUT2D eigenvalue weighted by molar-refractivity contribution is 0.0689. The zero-order chi connectivity index (χ0) is 12.9. The highest BCUT2D eigenvalue weighted by molar-refractivity contribution is 6.09. The summed E-state index contributed by atoms with van der Waals surface area (Å²) in [5.41, 5.74) is 3.24. The Labute approximate surface area is 107 Å². The molecule has 1 aliphatic rings. The van der Waals surface area contributed by atoms with Gasteiger partial charge < -0.3 is 9.47 Å². The molecule has 18 heavy (non-hydrogen) atoms. The number of rotatable bonds is 1. The molecule has 3 nitrogen and oxygen atoms in total. The van der Waals surface area contributed by atoms with Gasteiger partial charge >= 0.3 is 0 Å². The summed E-state index contributed by atoms with van der Waals surface area (Å²) in [5, 5.41) is 1.09. The van der Waals surface area contributed by atoms with Gasteiger partial charge in [-0.25, -0.2) is 0 Å². The van der Waals surface area contributed by atoms with Crippen LogP contribution in [0.1, 0.15) is 29.9 Å². The number of aryl methyl sites for hydroxylation is 1. The van der Waals surface area contributed by atoms with Gasteiger partial charge in [0.15, 0.2) is 0 Å². The number of hydrogen-bond donors (Lipinski definition) is 0. The minimum Gasteiger partial charge on any atom is -0.347 e. The largest absolute Gasteiger partial charge is 0.347 e. The number of hydrogen-bond acceptors (Lipinski definition) is 1. The van der Waals surface area contributed by atoms with E-state index in [0.29, 0.717) is 0 Å². The molecule has 1 amide bonds. The smallest absolute Gasteiger partial charge is 0.256 e. The third kappa shape index (κ3) is 1.40. The van der Waals surface area contributed by atoms with Crippen LogP contribution in [0.25, 0.3) is 10.9 Å². The lowest BCUT2D eigenvalue weighted by Gasteiger charge is -2.31. The summed E-state index contributed by atoms with van der Waals surface area (Å²) in [6, 6.07) is 8.43. The fourth-order valence-corrected chi connectivity index (χ4v) is 2.94. The van der Waals surface area contributed by atoms with E-state index >= 15 is 0 Å². The highest BCUT2D eigenvalue weighted by Gasteiger charge is 2.30. The van der Waals surface area contributed by atoms with Crippen LogP contribution in [0.3, 0.4) is 0 Å². The Hall–Kier alpha value is -1.77. The first-order chi connectivity index (χ1) is 8.61. The molecule has 1 aromatic carbocycles. The second-order valence-electron chi connectivity index (χ2n) is 5.24. The molecule has 0 bridgehead atoms. The van der Waals surface area contributed by atoms with E-state index < -0.39 is 0 Å². The maximum absolute atomic E-state index is 12.6. The van der Waals surface area contributed by atoms with Gasteiger partial charge in [-0.05, 0) is 19.9 Å². The highest BCUT2D eigenvalue weighted by Crippen LogP contribution is 2.30. The van der Waals surface area contributed by atoms with Crippen LogP contribution >= 0.6 is 0 Å². The van der Waals surface area contributed by atoms with Crippen LogP contribution in [0.2, 0.25) is 0 Å². The Morgan fingerprint density at radius 2 is 1.94 bits per heavy atom. The summed E-state index contributed by atoms with van der Waals surface area (Å²) < 4.78 is 2.17. The van der Waals surface area contributed by atoms with Crippen molar-refractivity contribution in [3.8, 4) is 0 Å². The number of carbonyl (C=O) groups excluding carboxylic acids is 1. The molecule has 0 N–H and O–H groups in total. The van der Waals surface area contributed by atoms with Crippen molar-refractivity contribution in [2.75, 3.05) is 6.54 Å². The SMILES string of the molecule is CC(C)N1CCc2c(c3ccccc3n2C)C1=O. The van der Waals surface area contributed by atoms with Gasteiger partial charge in [0.1, 0.15) is 0 Å². The molecule has 1 aliphatic heterocycles. The Balaban J connectivity index is 2.26. The van der Waals surface area contributed by atoms with E-state index in [1.165, 1.54) is 5.69 Å². The average Bonchev–Trinajstić information content (AvgIpc) is 2.65. The Bertz CT molecular complexity index is 625. The molecule has 0 unspecified atom stereocenters. The topological polar surface area (TPSA) is 25.2 Å². The van der Waals surface area contributed by atoms with E-state index in [1.807, 2.05) is 17.0 Å². The third-order valence-electron chi connectivity index (χ3n) is 3.92. The fourth-order valence-electron chi connectivity index (χ4n) is 2.94. The van der Waals surface area contributed by atoms with Crippen molar-refractivity contribution >= 4 is 16.8 Å². The molecular formula is C15H18N2O. The Morgan fingerprint density at radius 3 is 2.67 bits per heavy atom. The maximum atomic E-state index is 12.6. The third-order valence-corrected chi connectivity index (χ3v) is 3.92. The highest BCUT2D eigenvalue weighted by atomic mass is 16.2. The van der Waals surface area contributed by atoms with Gasteiger partial charge in [-0.2, -0.15) is 0 Å². The van der Waals surface area contributed by atoms with Crippen LogP contribution in [0, 0.1) is 0 Å². The summed E-state index contributed by atoms with van der Waals surface area (Å²) in [6.45, 7) is 4.98. The summed E-state index contributed by atoms with van der Waals surface area (Å²) in [7, 11) is 2.06. The van der Waals surface area contributed by atoms with Crippen molar-refractivity contribution in [3.05, 3.63) is 35.5 Å². The van der Waals surface area contributed by atoms with Gasteiger partial charge in [0, 0.05) is 42.7 Å². The van der Waals surface area contributed by atoms with E-state index in [-0.39, 0.29) is 11.9 Å². The first-order valence-corrected chi connectivity index (χ1v) is 6.48. The van der Waals surface area contributed by atoms with Crippen LogP contribution < -0.4 is 0 Å². The molecule has 0 spiro atoms. The van der Waals surface area contributed by atoms with Crippen molar-refractivity contribution in [1.82, 2.24) is 9.47 Å². The molecule has 0 atom stereocenters. The van der Waals surface area contributed by atoms with Crippen LogP contribution in [-0.4, -0.2) is 28.0 Å². The number of fused-ring (bicyclic) bond motifs is 3. The zero-order valence-electron chi connectivity index (χ0n) is 11.1. The second-order valence-corrected chi connectivity index (χ2v) is 5.24. The van der Waals surface area contributed by atoms with Gasteiger partial charge in [0.25, 0.3) is 5.91 Å². The number of para-hydroxylation sites is 1. The number of amides is 1. The molecule has 0 radical (unpaired) electrons. The monoisotopic (exact) mass is 242 g/mol. The van der Waals surface area contributed by atoms with Gasteiger partial charge in [-0.3, -0.25) is 4.79 Å². The Kier molecular flexibility index (Phi) is 2.44. The van der Waals surface area contributed by atoms with Crippen molar-refractivity contribution in [2.45, 2.75) is 26.3 Å². The predicted molar refractivity (Wildman–Crippen MR) is 72.8 cm³/mol. The summed E-state index contributed by atoms with van der Waals surface area (Å²) in [6.07, 6.45) is 0.949. The minimum atomic E-state index is 0.183. The van der Waals surface area contributed by atoms with Gasteiger partial charge in [0.2, 0.25) is 0 Å². The average molecular weight is 242 g/mol. The molecule has 1 aromatic heterocycles. The first kappa shape index (κ1) is 11.3. The molecule has 0 aliphatic carbocycles. The van der Waals surface area contributed by atoms with Crippen LogP contribution in [-0.2, 0) is 13.5 Å². The normalized spacial score (nSPS) is 15.6. The summed E-state index contributed by atoms with van der Waals surface area (Å²) >= 11 is 0. The number of nitrogens with zero attached hydrogens (tertiary/aromatic N) is 2. The van der Waals surface area contributed by atoms with E-state index in [9.17, 15) is 4.79 Å². The molecule has 0 fully saturated rings. The predicted octanol–water partition coefficient (Wildman–Crippen LogP) is 2.59. The van der Waals surface area contributed by atoms with E-state index in [1.54, 1.807) is 0 Å².